The molecule has 13 heavy (non-hydrogen) atoms. The summed E-state index contributed by atoms with van der Waals surface area (Å²) in [6.07, 6.45) is 0. The molecule has 1 aromatic carbocycles. The first-order chi connectivity index (χ1) is 6.09. The predicted octanol–water partition coefficient (Wildman–Crippen LogP) is 2.22. The Morgan fingerprint density at radius 2 is 2.08 bits per heavy atom. The highest BCUT2D eigenvalue weighted by Gasteiger charge is 2.00. The van der Waals surface area contributed by atoms with Gasteiger partial charge >= 0.3 is 0 Å². The topological polar surface area (TPSA) is 49.3 Å². The number of nitrogens with one attached hydrogen (secondary N) is 1. The Labute approximate surface area is 88.5 Å². The monoisotopic (exact) mass is 239 g/mol. The predicted molar refractivity (Wildman–Crippen MR) is 54.1 cm³/mol. The molecule has 0 saturated carbocycles. The Hall–Kier alpha value is -0.130. The lowest BCUT2D eigenvalue weighted by Gasteiger charge is -2.01. The van der Waals surface area contributed by atoms with E-state index in [9.17, 15) is 4.21 Å². The smallest absolute Gasteiger partial charge is 0.232 e. The van der Waals surface area contributed by atoms with Gasteiger partial charge in [-0.3, -0.25) is 4.55 Å². The van der Waals surface area contributed by atoms with E-state index in [0.717, 1.165) is 5.56 Å². The van der Waals surface area contributed by atoms with Gasteiger partial charge in [0.2, 0.25) is 11.3 Å². The SMILES string of the molecule is O=S(O)NCc1ccc(Cl)c(Cl)c1. The van der Waals surface area contributed by atoms with Crippen LogP contribution in [0.25, 0.3) is 0 Å². The Morgan fingerprint density at radius 1 is 1.38 bits per heavy atom. The summed E-state index contributed by atoms with van der Waals surface area (Å²) in [6.45, 7) is 0.278. The third-order valence-corrected chi connectivity index (χ3v) is 2.51. The fourth-order valence-electron chi connectivity index (χ4n) is 0.795. The van der Waals surface area contributed by atoms with Crippen LogP contribution in [0, 0.1) is 0 Å². The molecule has 1 atom stereocenters. The van der Waals surface area contributed by atoms with Crippen molar-refractivity contribution in [1.29, 1.82) is 0 Å². The van der Waals surface area contributed by atoms with E-state index in [1.165, 1.54) is 0 Å². The molecule has 0 heterocycles. The highest BCUT2D eigenvalue weighted by atomic mass is 35.5. The zero-order valence-electron chi connectivity index (χ0n) is 6.46. The van der Waals surface area contributed by atoms with Gasteiger partial charge in [0.25, 0.3) is 0 Å². The third kappa shape index (κ3) is 3.62. The molecule has 3 nitrogen and oxygen atoms in total. The average molecular weight is 240 g/mol. The molecule has 0 aliphatic rings. The van der Waals surface area contributed by atoms with Crippen molar-refractivity contribution in [2.24, 2.45) is 0 Å². The van der Waals surface area contributed by atoms with Crippen LogP contribution in [-0.4, -0.2) is 8.76 Å². The fourth-order valence-corrected chi connectivity index (χ4v) is 1.41. The van der Waals surface area contributed by atoms with Gasteiger partial charge in [-0.2, -0.15) is 0 Å². The van der Waals surface area contributed by atoms with Crippen molar-refractivity contribution in [1.82, 2.24) is 4.72 Å². The van der Waals surface area contributed by atoms with Crippen molar-refractivity contribution in [2.45, 2.75) is 6.54 Å². The summed E-state index contributed by atoms with van der Waals surface area (Å²) in [6, 6.07) is 5.01. The Morgan fingerprint density at radius 3 is 2.62 bits per heavy atom. The third-order valence-electron chi connectivity index (χ3n) is 1.38. The van der Waals surface area contributed by atoms with Crippen LogP contribution in [0.15, 0.2) is 18.2 Å². The van der Waals surface area contributed by atoms with Crippen LogP contribution >= 0.6 is 23.2 Å². The van der Waals surface area contributed by atoms with Crippen molar-refractivity contribution in [3.63, 3.8) is 0 Å². The summed E-state index contributed by atoms with van der Waals surface area (Å²) in [5, 5.41) is 0.903. The normalized spacial score (nSPS) is 12.8. The molecule has 0 radical (unpaired) electrons. The number of benzene rings is 1. The zero-order chi connectivity index (χ0) is 9.84. The molecule has 1 rings (SSSR count). The second-order valence-corrected chi connectivity index (χ2v) is 3.92. The van der Waals surface area contributed by atoms with Crippen molar-refractivity contribution in [3.05, 3.63) is 33.8 Å². The van der Waals surface area contributed by atoms with E-state index in [-0.39, 0.29) is 6.54 Å². The lowest BCUT2D eigenvalue weighted by molar-refractivity contribution is 0.548. The molecular weight excluding hydrogens is 233 g/mol. The molecule has 0 bridgehead atoms. The van der Waals surface area contributed by atoms with Crippen molar-refractivity contribution >= 4 is 34.5 Å². The van der Waals surface area contributed by atoms with E-state index in [4.69, 9.17) is 27.8 Å². The van der Waals surface area contributed by atoms with Crippen LogP contribution in [0.5, 0.6) is 0 Å². The van der Waals surface area contributed by atoms with Crippen LogP contribution in [0.1, 0.15) is 5.56 Å². The number of hydrogen-bond donors (Lipinski definition) is 2. The van der Waals surface area contributed by atoms with Gasteiger partial charge in [-0.05, 0) is 17.7 Å². The lowest BCUT2D eigenvalue weighted by Crippen LogP contribution is -2.15. The molecule has 0 aliphatic carbocycles. The summed E-state index contributed by atoms with van der Waals surface area (Å²) in [5.74, 6) is 0. The zero-order valence-corrected chi connectivity index (χ0v) is 8.79. The molecule has 72 valence electrons. The molecule has 1 aromatic rings. The van der Waals surface area contributed by atoms with Crippen LogP contribution in [0.3, 0.4) is 0 Å². The van der Waals surface area contributed by atoms with Crippen molar-refractivity contribution in [3.8, 4) is 0 Å². The summed E-state index contributed by atoms with van der Waals surface area (Å²) in [5.41, 5.74) is 0.803. The first kappa shape index (κ1) is 10.9. The van der Waals surface area contributed by atoms with Gasteiger partial charge in [0, 0.05) is 6.54 Å². The maximum atomic E-state index is 10.3. The van der Waals surface area contributed by atoms with E-state index in [1.807, 2.05) is 0 Å². The van der Waals surface area contributed by atoms with Gasteiger partial charge < -0.3 is 0 Å². The van der Waals surface area contributed by atoms with Gasteiger partial charge in [-0.25, -0.2) is 8.93 Å². The Balaban J connectivity index is 2.68. The minimum Gasteiger partial charge on any atom is -0.294 e. The van der Waals surface area contributed by atoms with Crippen LogP contribution in [0.4, 0.5) is 0 Å². The molecule has 0 spiro atoms. The summed E-state index contributed by atoms with van der Waals surface area (Å²) >= 11 is 9.41. The second kappa shape index (κ2) is 4.93. The van der Waals surface area contributed by atoms with E-state index in [1.54, 1.807) is 18.2 Å². The maximum absolute atomic E-state index is 10.3. The standard InChI is InChI=1S/C7H7Cl2NO2S/c8-6-2-1-5(3-7(6)9)4-10-13(11)12/h1-3,10H,4H2,(H,11,12). The van der Waals surface area contributed by atoms with E-state index >= 15 is 0 Å². The molecule has 0 saturated heterocycles. The fraction of sp³-hybridized carbons (Fsp3) is 0.143. The Bertz CT molecular complexity index is 332. The molecular formula is C7H7Cl2NO2S. The van der Waals surface area contributed by atoms with Crippen LogP contribution < -0.4 is 4.72 Å². The highest BCUT2D eigenvalue weighted by molar-refractivity contribution is 7.77. The molecule has 0 aromatic heterocycles. The average Bonchev–Trinajstić information content (AvgIpc) is 2.07. The van der Waals surface area contributed by atoms with Crippen molar-refractivity contribution < 1.29 is 8.76 Å². The minimum absolute atomic E-state index is 0.278. The Kier molecular flexibility index (Phi) is 4.15. The molecule has 0 amide bonds. The molecule has 0 aliphatic heterocycles. The van der Waals surface area contributed by atoms with Gasteiger partial charge in [-0.1, -0.05) is 29.3 Å². The van der Waals surface area contributed by atoms with Gasteiger partial charge in [-0.15, -0.1) is 0 Å². The van der Waals surface area contributed by atoms with Gasteiger partial charge in [0.1, 0.15) is 0 Å². The lowest BCUT2D eigenvalue weighted by atomic mass is 10.2. The summed E-state index contributed by atoms with van der Waals surface area (Å²) < 4.78 is 21.0. The van der Waals surface area contributed by atoms with E-state index in [0.29, 0.717) is 10.0 Å². The largest absolute Gasteiger partial charge is 0.294 e. The van der Waals surface area contributed by atoms with Crippen LogP contribution in [-0.2, 0) is 17.8 Å². The second-order valence-electron chi connectivity index (χ2n) is 2.32. The molecule has 0 fully saturated rings. The first-order valence-electron chi connectivity index (χ1n) is 3.38. The minimum atomic E-state index is -2.00. The number of halogens is 2. The number of rotatable bonds is 3. The molecule has 1 unspecified atom stereocenters. The van der Waals surface area contributed by atoms with Gasteiger partial charge in [0.15, 0.2) is 0 Å². The molecule has 2 N–H and O–H groups in total. The van der Waals surface area contributed by atoms with Gasteiger partial charge in [0.05, 0.1) is 10.0 Å². The highest BCUT2D eigenvalue weighted by Crippen LogP contribution is 2.22. The maximum Gasteiger partial charge on any atom is 0.232 e. The van der Waals surface area contributed by atoms with Crippen LogP contribution in [0.2, 0.25) is 10.0 Å². The summed E-state index contributed by atoms with van der Waals surface area (Å²) in [4.78, 5) is 0. The van der Waals surface area contributed by atoms with E-state index in [2.05, 4.69) is 4.72 Å². The summed E-state index contributed by atoms with van der Waals surface area (Å²) in [7, 11) is 0. The molecule has 6 heteroatoms. The van der Waals surface area contributed by atoms with E-state index < -0.39 is 11.3 Å². The number of hydrogen-bond acceptors (Lipinski definition) is 1. The quantitative estimate of drug-likeness (QED) is 0.796. The van der Waals surface area contributed by atoms with Crippen molar-refractivity contribution in [2.75, 3.05) is 0 Å². The first-order valence-corrected chi connectivity index (χ1v) is 5.24.